The molecule has 0 bridgehead atoms. The van der Waals surface area contributed by atoms with Crippen LogP contribution in [-0.4, -0.2) is 54.0 Å². The van der Waals surface area contributed by atoms with E-state index in [0.29, 0.717) is 11.3 Å². The van der Waals surface area contributed by atoms with Crippen molar-refractivity contribution in [3.05, 3.63) is 54.1 Å². The smallest absolute Gasteiger partial charge is 0.258 e. The van der Waals surface area contributed by atoms with E-state index in [-0.39, 0.29) is 22.9 Å². The maximum absolute atomic E-state index is 12.4. The standard InChI is InChI=1S/C18H22N2O6S2/c1-20(2)28(24,25)17-7-5-4-6-14(17)12-19-18(21)13-26-15-8-10-16(11-9-15)27(3,22)23/h4-11H,12-13H2,1-3H3,(H,19,21). The minimum atomic E-state index is -3.63. The number of sulfone groups is 1. The van der Waals surface area contributed by atoms with Crippen LogP contribution in [0.5, 0.6) is 5.75 Å². The van der Waals surface area contributed by atoms with Crippen LogP contribution < -0.4 is 10.1 Å². The lowest BCUT2D eigenvalue weighted by Crippen LogP contribution is -2.30. The second-order valence-corrected chi connectivity index (χ2v) is 10.3. The highest BCUT2D eigenvalue weighted by Crippen LogP contribution is 2.18. The summed E-state index contributed by atoms with van der Waals surface area (Å²) in [5, 5.41) is 2.61. The van der Waals surface area contributed by atoms with E-state index in [0.717, 1.165) is 10.6 Å². The fourth-order valence-corrected chi connectivity index (χ4v) is 4.02. The molecule has 1 amide bonds. The third-order valence-corrected chi connectivity index (χ3v) is 6.87. The van der Waals surface area contributed by atoms with Gasteiger partial charge in [0.05, 0.1) is 9.79 Å². The number of rotatable bonds is 8. The third kappa shape index (κ3) is 5.54. The number of nitrogens with zero attached hydrogens (tertiary/aromatic N) is 1. The maximum Gasteiger partial charge on any atom is 0.258 e. The largest absolute Gasteiger partial charge is 0.484 e. The van der Waals surface area contributed by atoms with Crippen molar-refractivity contribution in [3.8, 4) is 5.75 Å². The first-order valence-corrected chi connectivity index (χ1v) is 11.5. The van der Waals surface area contributed by atoms with Gasteiger partial charge in [0, 0.05) is 26.9 Å². The molecule has 0 aliphatic rings. The molecule has 0 saturated heterocycles. The van der Waals surface area contributed by atoms with Crippen LogP contribution in [0.25, 0.3) is 0 Å². The van der Waals surface area contributed by atoms with Crippen LogP contribution in [-0.2, 0) is 31.2 Å². The number of hydrogen-bond donors (Lipinski definition) is 1. The van der Waals surface area contributed by atoms with Crippen molar-refractivity contribution in [1.82, 2.24) is 9.62 Å². The van der Waals surface area contributed by atoms with Gasteiger partial charge in [-0.25, -0.2) is 21.1 Å². The SMILES string of the molecule is CN(C)S(=O)(=O)c1ccccc1CNC(=O)COc1ccc(S(C)(=O)=O)cc1. The highest BCUT2D eigenvalue weighted by atomic mass is 32.2. The monoisotopic (exact) mass is 426 g/mol. The van der Waals surface area contributed by atoms with Gasteiger partial charge in [0.15, 0.2) is 16.4 Å². The summed E-state index contributed by atoms with van der Waals surface area (Å²) in [6.07, 6.45) is 1.10. The summed E-state index contributed by atoms with van der Waals surface area (Å²) in [7, 11) is -4.05. The van der Waals surface area contributed by atoms with Crippen LogP contribution in [0, 0.1) is 0 Å². The number of nitrogens with one attached hydrogen (secondary N) is 1. The average molecular weight is 427 g/mol. The minimum absolute atomic E-state index is 0.0262. The molecule has 8 nitrogen and oxygen atoms in total. The summed E-state index contributed by atoms with van der Waals surface area (Å²) >= 11 is 0. The number of benzene rings is 2. The predicted molar refractivity (Wildman–Crippen MR) is 104 cm³/mol. The van der Waals surface area contributed by atoms with Gasteiger partial charge in [0.25, 0.3) is 5.91 Å². The Morgan fingerprint density at radius 3 is 2.18 bits per heavy atom. The zero-order valence-electron chi connectivity index (χ0n) is 15.7. The lowest BCUT2D eigenvalue weighted by molar-refractivity contribution is -0.123. The molecule has 0 aromatic heterocycles. The molecule has 0 aliphatic heterocycles. The molecule has 0 radical (unpaired) electrons. The first-order chi connectivity index (χ1) is 13.0. The molecule has 2 rings (SSSR count). The van der Waals surface area contributed by atoms with E-state index in [9.17, 15) is 21.6 Å². The van der Waals surface area contributed by atoms with Crippen molar-refractivity contribution in [2.24, 2.45) is 0 Å². The molecular formula is C18H22N2O6S2. The zero-order valence-corrected chi connectivity index (χ0v) is 17.4. The lowest BCUT2D eigenvalue weighted by atomic mass is 10.2. The normalized spacial score (nSPS) is 12.0. The molecule has 0 spiro atoms. The first kappa shape index (κ1) is 21.9. The van der Waals surface area contributed by atoms with Crippen molar-refractivity contribution in [1.29, 1.82) is 0 Å². The van der Waals surface area contributed by atoms with E-state index in [1.165, 1.54) is 44.4 Å². The van der Waals surface area contributed by atoms with Crippen molar-refractivity contribution < 1.29 is 26.4 Å². The summed E-state index contributed by atoms with van der Waals surface area (Å²) in [4.78, 5) is 12.3. The van der Waals surface area contributed by atoms with Gasteiger partial charge in [-0.3, -0.25) is 4.79 Å². The summed E-state index contributed by atoms with van der Waals surface area (Å²) in [5.41, 5.74) is 0.460. The summed E-state index contributed by atoms with van der Waals surface area (Å²) in [6.45, 7) is -0.265. The molecule has 28 heavy (non-hydrogen) atoms. The molecule has 0 aliphatic carbocycles. The topological polar surface area (TPSA) is 110 Å². The first-order valence-electron chi connectivity index (χ1n) is 8.22. The Balaban J connectivity index is 1.97. The Morgan fingerprint density at radius 1 is 1.00 bits per heavy atom. The van der Waals surface area contributed by atoms with E-state index in [1.54, 1.807) is 18.2 Å². The van der Waals surface area contributed by atoms with Gasteiger partial charge >= 0.3 is 0 Å². The van der Waals surface area contributed by atoms with Gasteiger partial charge in [-0.15, -0.1) is 0 Å². The number of hydrogen-bond acceptors (Lipinski definition) is 6. The number of ether oxygens (including phenoxy) is 1. The average Bonchev–Trinajstić information content (AvgIpc) is 2.64. The fraction of sp³-hybridized carbons (Fsp3) is 0.278. The van der Waals surface area contributed by atoms with Crippen LogP contribution in [0.1, 0.15) is 5.56 Å². The molecule has 1 N–H and O–H groups in total. The Morgan fingerprint density at radius 2 is 1.61 bits per heavy atom. The summed E-state index contributed by atoms with van der Waals surface area (Å²) in [5.74, 6) is -0.0950. The highest BCUT2D eigenvalue weighted by Gasteiger charge is 2.20. The van der Waals surface area contributed by atoms with Crippen LogP contribution in [0.3, 0.4) is 0 Å². The van der Waals surface area contributed by atoms with Gasteiger partial charge < -0.3 is 10.1 Å². The zero-order chi connectivity index (χ0) is 20.9. The molecular weight excluding hydrogens is 404 g/mol. The van der Waals surface area contributed by atoms with E-state index < -0.39 is 25.8 Å². The van der Waals surface area contributed by atoms with Crippen LogP contribution in [0.2, 0.25) is 0 Å². The number of carbonyl (C=O) groups excluding carboxylic acids is 1. The van der Waals surface area contributed by atoms with Crippen molar-refractivity contribution in [2.45, 2.75) is 16.3 Å². The second kappa shape index (κ2) is 8.72. The fourth-order valence-electron chi connectivity index (χ4n) is 2.28. The van der Waals surface area contributed by atoms with Crippen LogP contribution >= 0.6 is 0 Å². The molecule has 10 heteroatoms. The molecule has 0 fully saturated rings. The molecule has 0 atom stereocenters. The van der Waals surface area contributed by atoms with Gasteiger partial charge in [-0.1, -0.05) is 18.2 Å². The lowest BCUT2D eigenvalue weighted by Gasteiger charge is -2.15. The van der Waals surface area contributed by atoms with Gasteiger partial charge in [-0.05, 0) is 35.9 Å². The van der Waals surface area contributed by atoms with Gasteiger partial charge in [0.2, 0.25) is 10.0 Å². The van der Waals surface area contributed by atoms with Crippen molar-refractivity contribution in [2.75, 3.05) is 27.0 Å². The molecule has 0 saturated carbocycles. The predicted octanol–water partition coefficient (Wildman–Crippen LogP) is 1.04. The van der Waals surface area contributed by atoms with E-state index >= 15 is 0 Å². The Labute approximate surface area is 165 Å². The maximum atomic E-state index is 12.4. The molecule has 2 aromatic rings. The Kier molecular flexibility index (Phi) is 6.81. The number of sulfonamides is 1. The minimum Gasteiger partial charge on any atom is -0.484 e. The van der Waals surface area contributed by atoms with E-state index in [2.05, 4.69) is 5.32 Å². The van der Waals surface area contributed by atoms with E-state index in [1.807, 2.05) is 0 Å². The molecule has 2 aromatic carbocycles. The summed E-state index contributed by atoms with van der Waals surface area (Å²) in [6, 6.07) is 12.1. The molecule has 152 valence electrons. The van der Waals surface area contributed by atoms with Gasteiger partial charge in [-0.2, -0.15) is 0 Å². The quantitative estimate of drug-likeness (QED) is 0.675. The van der Waals surface area contributed by atoms with Crippen molar-refractivity contribution >= 4 is 25.8 Å². The summed E-state index contributed by atoms with van der Waals surface area (Å²) < 4.78 is 54.0. The number of amides is 1. The van der Waals surface area contributed by atoms with Crippen LogP contribution in [0.4, 0.5) is 0 Å². The van der Waals surface area contributed by atoms with Gasteiger partial charge in [0.1, 0.15) is 5.75 Å². The number of carbonyl (C=O) groups is 1. The molecule has 0 unspecified atom stereocenters. The molecule has 0 heterocycles. The Bertz CT molecular complexity index is 1050. The Hall–Kier alpha value is -2.43. The third-order valence-electron chi connectivity index (χ3n) is 3.83. The van der Waals surface area contributed by atoms with Crippen LogP contribution in [0.15, 0.2) is 58.3 Å². The highest BCUT2D eigenvalue weighted by molar-refractivity contribution is 7.90. The van der Waals surface area contributed by atoms with E-state index in [4.69, 9.17) is 4.74 Å². The van der Waals surface area contributed by atoms with Crippen molar-refractivity contribution in [3.63, 3.8) is 0 Å². The second-order valence-electron chi connectivity index (χ2n) is 6.20.